The van der Waals surface area contributed by atoms with E-state index in [2.05, 4.69) is 32.9 Å². The van der Waals surface area contributed by atoms with Crippen molar-refractivity contribution in [1.82, 2.24) is 0 Å². The first-order valence-corrected chi connectivity index (χ1v) is 10.3. The lowest BCUT2D eigenvalue weighted by Crippen LogP contribution is -2.15. The predicted octanol–water partition coefficient (Wildman–Crippen LogP) is 4.26. The van der Waals surface area contributed by atoms with E-state index in [9.17, 15) is 13.2 Å². The molecule has 0 bridgehead atoms. The van der Waals surface area contributed by atoms with Gasteiger partial charge in [0.2, 0.25) is 10.0 Å². The van der Waals surface area contributed by atoms with Gasteiger partial charge in [-0.3, -0.25) is 0 Å². The molecule has 2 aromatic rings. The fraction of sp³-hybridized carbons (Fsp3) is 0.350. The number of esters is 1. The third-order valence-corrected chi connectivity index (χ3v) is 5.78. The van der Waals surface area contributed by atoms with Gasteiger partial charge in [-0.15, -0.1) is 0 Å². The van der Waals surface area contributed by atoms with Crippen LogP contribution in [-0.4, -0.2) is 14.4 Å². The maximum Gasteiger partial charge on any atom is 0.338 e. The molecular formula is C20H24ClNO4S. The summed E-state index contributed by atoms with van der Waals surface area (Å²) >= 11 is 5.84. The van der Waals surface area contributed by atoms with Crippen molar-refractivity contribution < 1.29 is 17.9 Å². The Morgan fingerprint density at radius 3 is 2.15 bits per heavy atom. The molecule has 0 fully saturated rings. The zero-order valence-corrected chi connectivity index (χ0v) is 17.7. The number of rotatable bonds is 4. The number of primary sulfonamides is 1. The van der Waals surface area contributed by atoms with Gasteiger partial charge >= 0.3 is 5.97 Å². The number of carbonyl (C=O) groups excluding carboxylic acids is 1. The second kappa shape index (κ2) is 7.62. The molecule has 0 aliphatic heterocycles. The van der Waals surface area contributed by atoms with Crippen LogP contribution in [0.1, 0.15) is 53.4 Å². The monoisotopic (exact) mass is 409 g/mol. The molecule has 2 rings (SSSR count). The number of benzene rings is 2. The van der Waals surface area contributed by atoms with Crippen LogP contribution >= 0.6 is 11.6 Å². The van der Waals surface area contributed by atoms with Crippen molar-refractivity contribution in [2.45, 2.75) is 51.5 Å². The quantitative estimate of drug-likeness (QED) is 0.764. The highest BCUT2D eigenvalue weighted by Crippen LogP contribution is 2.28. The number of nitrogens with two attached hydrogens (primary N) is 1. The third kappa shape index (κ3) is 5.09. The second-order valence-corrected chi connectivity index (χ2v) is 9.54. The molecule has 7 heteroatoms. The molecule has 0 aliphatic rings. The Bertz CT molecular complexity index is 969. The van der Waals surface area contributed by atoms with Crippen LogP contribution in [0.5, 0.6) is 0 Å². The molecule has 0 heterocycles. The van der Waals surface area contributed by atoms with Crippen molar-refractivity contribution in [1.29, 1.82) is 0 Å². The Morgan fingerprint density at radius 2 is 1.67 bits per heavy atom. The van der Waals surface area contributed by atoms with Crippen LogP contribution in [0, 0.1) is 13.8 Å². The number of aryl methyl sites for hydroxylation is 2. The lowest BCUT2D eigenvalue weighted by atomic mass is 9.84. The highest BCUT2D eigenvalue weighted by Gasteiger charge is 2.19. The molecule has 0 aliphatic carbocycles. The number of sulfonamides is 1. The molecule has 146 valence electrons. The van der Waals surface area contributed by atoms with Crippen LogP contribution in [0.2, 0.25) is 5.02 Å². The molecule has 2 aromatic carbocycles. The van der Waals surface area contributed by atoms with Crippen LogP contribution in [0.15, 0.2) is 35.2 Å². The lowest BCUT2D eigenvalue weighted by Gasteiger charge is -2.22. The Balaban J connectivity index is 2.24. The zero-order valence-electron chi connectivity index (χ0n) is 16.1. The Morgan fingerprint density at radius 1 is 1.11 bits per heavy atom. The summed E-state index contributed by atoms with van der Waals surface area (Å²) in [6, 6.07) is 8.03. The van der Waals surface area contributed by atoms with Crippen LogP contribution in [0.25, 0.3) is 0 Å². The average Bonchev–Trinajstić information content (AvgIpc) is 2.52. The molecule has 0 saturated heterocycles. The van der Waals surface area contributed by atoms with E-state index in [1.807, 2.05) is 13.8 Å². The summed E-state index contributed by atoms with van der Waals surface area (Å²) in [6.45, 7) is 10.5. The minimum absolute atomic E-state index is 0.0259. The summed E-state index contributed by atoms with van der Waals surface area (Å²) < 4.78 is 28.5. The van der Waals surface area contributed by atoms with Crippen LogP contribution in [0.4, 0.5) is 0 Å². The SMILES string of the molecule is Cc1cc(C(C)(C)C)cc(C)c1COC(=O)c1ccc(Cl)c(S(N)(=O)=O)c1. The standard InChI is InChI=1S/C20H24ClNO4S/c1-12-8-15(20(3,4)5)9-13(2)16(12)11-26-19(23)14-6-7-17(21)18(10-14)27(22,24)25/h6-10H,11H2,1-5H3,(H2,22,24,25). The van der Waals surface area contributed by atoms with Crippen molar-refractivity contribution >= 4 is 27.6 Å². The minimum atomic E-state index is -4.03. The van der Waals surface area contributed by atoms with Gasteiger partial charge in [0.05, 0.1) is 10.6 Å². The van der Waals surface area contributed by atoms with Crippen molar-refractivity contribution in [2.24, 2.45) is 5.14 Å². The first kappa shape index (κ1) is 21.4. The smallest absolute Gasteiger partial charge is 0.338 e. The normalized spacial score (nSPS) is 12.1. The molecule has 0 amide bonds. The minimum Gasteiger partial charge on any atom is -0.457 e. The van der Waals surface area contributed by atoms with Gasteiger partial charge in [-0.2, -0.15) is 0 Å². The maximum atomic E-state index is 12.4. The van der Waals surface area contributed by atoms with E-state index >= 15 is 0 Å². The molecule has 0 spiro atoms. The first-order valence-electron chi connectivity index (χ1n) is 8.41. The topological polar surface area (TPSA) is 86.5 Å². The number of hydrogen-bond acceptors (Lipinski definition) is 4. The third-order valence-electron chi connectivity index (χ3n) is 4.38. The lowest BCUT2D eigenvalue weighted by molar-refractivity contribution is 0.0471. The van der Waals surface area contributed by atoms with Crippen LogP contribution in [-0.2, 0) is 26.8 Å². The Hall–Kier alpha value is -1.89. The number of ether oxygens (including phenoxy) is 1. The van der Waals surface area contributed by atoms with E-state index in [1.165, 1.54) is 17.7 Å². The van der Waals surface area contributed by atoms with E-state index in [0.717, 1.165) is 22.8 Å². The summed E-state index contributed by atoms with van der Waals surface area (Å²) in [4.78, 5) is 12.1. The fourth-order valence-electron chi connectivity index (χ4n) is 2.72. The van der Waals surface area contributed by atoms with Gasteiger partial charge in [-0.1, -0.05) is 44.5 Å². The first-order chi connectivity index (χ1) is 12.3. The molecule has 27 heavy (non-hydrogen) atoms. The van der Waals surface area contributed by atoms with E-state index in [0.29, 0.717) is 0 Å². The van der Waals surface area contributed by atoms with Gasteiger partial charge < -0.3 is 4.74 Å². The molecule has 0 radical (unpaired) electrons. The molecule has 0 atom stereocenters. The summed E-state index contributed by atoms with van der Waals surface area (Å²) in [5.41, 5.74) is 4.31. The molecule has 0 aromatic heterocycles. The molecule has 2 N–H and O–H groups in total. The van der Waals surface area contributed by atoms with E-state index < -0.39 is 16.0 Å². The summed E-state index contributed by atoms with van der Waals surface area (Å²) in [7, 11) is -4.03. The van der Waals surface area contributed by atoms with Gasteiger partial charge in [0.15, 0.2) is 0 Å². The number of halogens is 1. The van der Waals surface area contributed by atoms with Crippen LogP contribution < -0.4 is 5.14 Å². The number of carbonyl (C=O) groups is 1. The molecule has 0 saturated carbocycles. The van der Waals surface area contributed by atoms with Gasteiger partial charge in [-0.05, 0) is 59.7 Å². The predicted molar refractivity (Wildman–Crippen MR) is 107 cm³/mol. The van der Waals surface area contributed by atoms with Crippen molar-refractivity contribution in [3.8, 4) is 0 Å². The van der Waals surface area contributed by atoms with Gasteiger partial charge in [-0.25, -0.2) is 18.4 Å². The summed E-state index contributed by atoms with van der Waals surface area (Å²) in [6.07, 6.45) is 0. The second-order valence-electron chi connectivity index (χ2n) is 7.60. The Labute approximate surface area is 165 Å². The Kier molecular flexibility index (Phi) is 6.04. The number of hydrogen-bond donors (Lipinski definition) is 1. The largest absolute Gasteiger partial charge is 0.457 e. The highest BCUT2D eigenvalue weighted by molar-refractivity contribution is 7.89. The van der Waals surface area contributed by atoms with Gasteiger partial charge in [0, 0.05) is 0 Å². The van der Waals surface area contributed by atoms with Crippen molar-refractivity contribution in [2.75, 3.05) is 0 Å². The summed E-state index contributed by atoms with van der Waals surface area (Å²) in [5.74, 6) is -0.643. The highest BCUT2D eigenvalue weighted by atomic mass is 35.5. The average molecular weight is 410 g/mol. The fourth-order valence-corrected chi connectivity index (χ4v) is 3.79. The summed E-state index contributed by atoms with van der Waals surface area (Å²) in [5, 5.41) is 5.07. The van der Waals surface area contributed by atoms with E-state index in [1.54, 1.807) is 0 Å². The van der Waals surface area contributed by atoms with Crippen molar-refractivity contribution in [3.05, 3.63) is 63.2 Å². The van der Waals surface area contributed by atoms with Gasteiger partial charge in [0.25, 0.3) is 0 Å². The molecular weight excluding hydrogens is 386 g/mol. The molecule has 0 unspecified atom stereocenters. The van der Waals surface area contributed by atoms with Gasteiger partial charge in [0.1, 0.15) is 11.5 Å². The zero-order chi connectivity index (χ0) is 20.6. The maximum absolute atomic E-state index is 12.4. The molecule has 5 nitrogen and oxygen atoms in total. The van der Waals surface area contributed by atoms with Crippen molar-refractivity contribution in [3.63, 3.8) is 0 Å². The van der Waals surface area contributed by atoms with Crippen LogP contribution in [0.3, 0.4) is 0 Å². The van der Waals surface area contributed by atoms with E-state index in [-0.39, 0.29) is 27.5 Å². The van der Waals surface area contributed by atoms with E-state index in [4.69, 9.17) is 21.5 Å².